The number of nitrogens with zero attached hydrogens (tertiary/aromatic N) is 4. The second-order valence-corrected chi connectivity index (χ2v) is 5.42. The van der Waals surface area contributed by atoms with Gasteiger partial charge in [0.15, 0.2) is 5.82 Å². The fourth-order valence-corrected chi connectivity index (χ4v) is 2.17. The van der Waals surface area contributed by atoms with Crippen LogP contribution >= 0.6 is 23.4 Å². The molecule has 1 aromatic heterocycles. The van der Waals surface area contributed by atoms with Crippen molar-refractivity contribution in [1.29, 1.82) is 0 Å². The topological polar surface area (TPSA) is 43.6 Å². The van der Waals surface area contributed by atoms with E-state index < -0.39 is 0 Å². The van der Waals surface area contributed by atoms with Crippen LogP contribution in [0.2, 0.25) is 0 Å². The van der Waals surface area contributed by atoms with Gasteiger partial charge in [-0.1, -0.05) is 12.8 Å². The number of rotatable bonds is 8. The van der Waals surface area contributed by atoms with Gasteiger partial charge in [-0.3, -0.25) is 0 Å². The van der Waals surface area contributed by atoms with E-state index in [-0.39, 0.29) is 5.38 Å². The van der Waals surface area contributed by atoms with Crippen molar-refractivity contribution in [2.75, 3.05) is 12.0 Å². The zero-order chi connectivity index (χ0) is 11.8. The molecule has 0 aromatic carbocycles. The van der Waals surface area contributed by atoms with Crippen LogP contribution in [-0.2, 0) is 6.54 Å². The fourth-order valence-electron chi connectivity index (χ4n) is 1.52. The van der Waals surface area contributed by atoms with Crippen LogP contribution in [0.15, 0.2) is 0 Å². The molecule has 0 amide bonds. The molecule has 4 nitrogen and oxygen atoms in total. The van der Waals surface area contributed by atoms with Gasteiger partial charge in [0.2, 0.25) is 0 Å². The smallest absolute Gasteiger partial charge is 0.168 e. The Morgan fingerprint density at radius 2 is 2.06 bits per heavy atom. The Labute approximate surface area is 106 Å². The molecule has 0 fully saturated rings. The zero-order valence-corrected chi connectivity index (χ0v) is 11.5. The average molecular weight is 263 g/mol. The number of aryl methyl sites for hydroxylation is 1. The lowest BCUT2D eigenvalue weighted by atomic mass is 10.2. The number of thioether (sulfide) groups is 1. The third-order valence-electron chi connectivity index (χ3n) is 2.38. The first-order chi connectivity index (χ1) is 7.75. The molecule has 0 radical (unpaired) electrons. The fraction of sp³-hybridized carbons (Fsp3) is 0.900. The number of aromatic nitrogens is 4. The van der Waals surface area contributed by atoms with Gasteiger partial charge in [0.1, 0.15) is 0 Å². The van der Waals surface area contributed by atoms with Crippen molar-refractivity contribution in [3.05, 3.63) is 5.82 Å². The summed E-state index contributed by atoms with van der Waals surface area (Å²) >= 11 is 7.87. The van der Waals surface area contributed by atoms with Crippen molar-refractivity contribution in [1.82, 2.24) is 20.2 Å². The number of unbranched alkanes of at least 4 members (excludes halogenated alkanes) is 3. The van der Waals surface area contributed by atoms with Crippen LogP contribution in [0.3, 0.4) is 0 Å². The summed E-state index contributed by atoms with van der Waals surface area (Å²) in [7, 11) is 0. The third kappa shape index (κ3) is 4.70. The zero-order valence-electron chi connectivity index (χ0n) is 9.90. The molecule has 1 atom stereocenters. The monoisotopic (exact) mass is 262 g/mol. The normalized spacial score (nSPS) is 12.9. The lowest BCUT2D eigenvalue weighted by Gasteiger charge is -2.05. The molecule has 0 bridgehead atoms. The summed E-state index contributed by atoms with van der Waals surface area (Å²) in [6.07, 6.45) is 7.09. The molecule has 0 spiro atoms. The van der Waals surface area contributed by atoms with Gasteiger partial charge in [-0.25, -0.2) is 4.68 Å². The van der Waals surface area contributed by atoms with E-state index in [1.807, 2.05) is 23.4 Å². The Balaban J connectivity index is 2.19. The Morgan fingerprint density at radius 1 is 1.31 bits per heavy atom. The second-order valence-electron chi connectivity index (χ2n) is 3.78. The highest BCUT2D eigenvalue weighted by molar-refractivity contribution is 7.98. The highest BCUT2D eigenvalue weighted by Gasteiger charge is 2.10. The van der Waals surface area contributed by atoms with E-state index in [9.17, 15) is 0 Å². The summed E-state index contributed by atoms with van der Waals surface area (Å²) in [5, 5.41) is 11.4. The van der Waals surface area contributed by atoms with Crippen molar-refractivity contribution < 1.29 is 0 Å². The molecule has 0 N–H and O–H groups in total. The molecule has 92 valence electrons. The SMILES string of the molecule is CSCCCCCCn1nnnc1C(C)Cl. The van der Waals surface area contributed by atoms with Crippen molar-refractivity contribution >= 4 is 23.4 Å². The van der Waals surface area contributed by atoms with Gasteiger partial charge in [-0.05, 0) is 42.2 Å². The summed E-state index contributed by atoms with van der Waals surface area (Å²) in [6, 6.07) is 0. The van der Waals surface area contributed by atoms with Gasteiger partial charge in [0.25, 0.3) is 0 Å². The van der Waals surface area contributed by atoms with Gasteiger partial charge < -0.3 is 0 Å². The number of hydrogen-bond acceptors (Lipinski definition) is 4. The molecule has 1 unspecified atom stereocenters. The lowest BCUT2D eigenvalue weighted by Crippen LogP contribution is -2.06. The van der Waals surface area contributed by atoms with Crippen LogP contribution in [0.5, 0.6) is 0 Å². The summed E-state index contributed by atoms with van der Waals surface area (Å²) < 4.78 is 1.81. The Morgan fingerprint density at radius 3 is 2.75 bits per heavy atom. The predicted molar refractivity (Wildman–Crippen MR) is 68.9 cm³/mol. The van der Waals surface area contributed by atoms with Gasteiger partial charge in [0.05, 0.1) is 5.38 Å². The Kier molecular flexibility index (Phi) is 6.80. The molecule has 16 heavy (non-hydrogen) atoms. The number of tetrazole rings is 1. The van der Waals surface area contributed by atoms with Crippen molar-refractivity contribution in [2.24, 2.45) is 0 Å². The summed E-state index contributed by atoms with van der Waals surface area (Å²) in [5.41, 5.74) is 0. The van der Waals surface area contributed by atoms with Crippen LogP contribution in [0.4, 0.5) is 0 Å². The molecule has 0 aliphatic rings. The Hall–Kier alpha value is -0.290. The first-order valence-corrected chi connectivity index (χ1v) is 7.47. The standard InChI is InChI=1S/C10H19ClN4S/c1-9(11)10-12-13-14-15(10)7-5-3-4-6-8-16-2/h9H,3-8H2,1-2H3. The van der Waals surface area contributed by atoms with Gasteiger partial charge in [-0.15, -0.1) is 16.7 Å². The van der Waals surface area contributed by atoms with Crippen LogP contribution < -0.4 is 0 Å². The highest BCUT2D eigenvalue weighted by Crippen LogP contribution is 2.15. The minimum atomic E-state index is -0.119. The third-order valence-corrected chi connectivity index (χ3v) is 3.28. The Bertz CT molecular complexity index is 290. The molecule has 0 saturated carbocycles. The molecule has 0 aliphatic heterocycles. The quantitative estimate of drug-likeness (QED) is 0.534. The van der Waals surface area contributed by atoms with Crippen LogP contribution in [0.25, 0.3) is 0 Å². The maximum absolute atomic E-state index is 5.96. The lowest BCUT2D eigenvalue weighted by molar-refractivity contribution is 0.512. The van der Waals surface area contributed by atoms with E-state index in [1.54, 1.807) is 0 Å². The van der Waals surface area contributed by atoms with Crippen molar-refractivity contribution in [3.8, 4) is 0 Å². The van der Waals surface area contributed by atoms with Crippen LogP contribution in [0, 0.1) is 0 Å². The molecule has 0 saturated heterocycles. The molecule has 1 aromatic rings. The van der Waals surface area contributed by atoms with E-state index in [0.717, 1.165) is 18.8 Å². The molecule has 6 heteroatoms. The van der Waals surface area contributed by atoms with Gasteiger partial charge >= 0.3 is 0 Å². The first-order valence-electron chi connectivity index (χ1n) is 5.64. The van der Waals surface area contributed by atoms with Crippen molar-refractivity contribution in [3.63, 3.8) is 0 Å². The van der Waals surface area contributed by atoms with Gasteiger partial charge in [-0.2, -0.15) is 11.8 Å². The highest BCUT2D eigenvalue weighted by atomic mass is 35.5. The maximum atomic E-state index is 5.96. The summed E-state index contributed by atoms with van der Waals surface area (Å²) in [6.45, 7) is 2.76. The minimum Gasteiger partial charge on any atom is -0.228 e. The van der Waals surface area contributed by atoms with E-state index in [2.05, 4.69) is 21.8 Å². The second kappa shape index (κ2) is 7.90. The summed E-state index contributed by atoms with van der Waals surface area (Å²) in [4.78, 5) is 0. The van der Waals surface area contributed by atoms with Crippen molar-refractivity contribution in [2.45, 2.75) is 44.5 Å². The number of alkyl halides is 1. The average Bonchev–Trinajstić information content (AvgIpc) is 2.71. The summed E-state index contributed by atoms with van der Waals surface area (Å²) in [5.74, 6) is 2.03. The molecular weight excluding hydrogens is 244 g/mol. The van der Waals surface area contributed by atoms with E-state index in [1.165, 1.54) is 25.0 Å². The number of hydrogen-bond donors (Lipinski definition) is 0. The van der Waals surface area contributed by atoms with Crippen LogP contribution in [-0.4, -0.2) is 32.2 Å². The van der Waals surface area contributed by atoms with E-state index in [0.29, 0.717) is 0 Å². The minimum absolute atomic E-state index is 0.119. The first kappa shape index (κ1) is 13.8. The molecule has 0 aliphatic carbocycles. The number of halogens is 1. The molecule has 1 rings (SSSR count). The molecule has 1 heterocycles. The maximum Gasteiger partial charge on any atom is 0.168 e. The predicted octanol–water partition coefficient (Wildman–Crippen LogP) is 2.90. The van der Waals surface area contributed by atoms with E-state index >= 15 is 0 Å². The van der Waals surface area contributed by atoms with Gasteiger partial charge in [0, 0.05) is 6.54 Å². The molecular formula is C10H19ClN4S. The largest absolute Gasteiger partial charge is 0.228 e. The van der Waals surface area contributed by atoms with E-state index in [4.69, 9.17) is 11.6 Å². The van der Waals surface area contributed by atoms with Crippen LogP contribution in [0.1, 0.15) is 43.8 Å².